The maximum absolute atomic E-state index is 8.52. The minimum absolute atomic E-state index is 0.579. The van der Waals surface area contributed by atoms with Crippen molar-refractivity contribution in [2.75, 3.05) is 13.4 Å². The van der Waals surface area contributed by atoms with Crippen molar-refractivity contribution in [3.8, 4) is 11.9 Å². The summed E-state index contributed by atoms with van der Waals surface area (Å²) in [5, 5.41) is 11.6. The minimum Gasteiger partial charge on any atom is -0.497 e. The van der Waals surface area contributed by atoms with E-state index in [2.05, 4.69) is 10.3 Å². The van der Waals surface area contributed by atoms with E-state index in [1.54, 1.807) is 7.11 Å². The van der Waals surface area contributed by atoms with Gasteiger partial charge in [-0.25, -0.2) is 4.99 Å². The van der Waals surface area contributed by atoms with Crippen LogP contribution in [0, 0.1) is 18.4 Å². The predicted octanol–water partition coefficient (Wildman–Crippen LogP) is 2.42. The second-order valence-electron chi connectivity index (χ2n) is 3.01. The Labute approximate surface area is 99.3 Å². The molecule has 0 spiro atoms. The Hall–Kier alpha value is -1.67. The Morgan fingerprint density at radius 3 is 2.81 bits per heavy atom. The number of nitrogens with one attached hydrogen (secondary N) is 1. The highest BCUT2D eigenvalue weighted by Gasteiger charge is 2.01. The first kappa shape index (κ1) is 12.4. The monoisotopic (exact) mass is 235 g/mol. The Morgan fingerprint density at radius 2 is 2.31 bits per heavy atom. The molecule has 84 valence electrons. The van der Waals surface area contributed by atoms with Crippen LogP contribution in [0.1, 0.15) is 5.56 Å². The Morgan fingerprint density at radius 1 is 1.56 bits per heavy atom. The molecule has 1 N–H and O–H groups in total. The molecule has 0 aliphatic rings. The lowest BCUT2D eigenvalue weighted by Crippen LogP contribution is -2.12. The lowest BCUT2D eigenvalue weighted by Gasteiger charge is -2.05. The Bertz CT molecular complexity index is 437. The second-order valence-corrected chi connectivity index (χ2v) is 3.81. The molecule has 0 atom stereocenters. The second kappa shape index (κ2) is 6.03. The highest BCUT2D eigenvalue weighted by Crippen LogP contribution is 2.24. The molecule has 0 aliphatic carbocycles. The fraction of sp³-hybridized carbons (Fsp3) is 0.273. The first-order valence-corrected chi connectivity index (χ1v) is 5.86. The van der Waals surface area contributed by atoms with Gasteiger partial charge in [0, 0.05) is 0 Å². The number of nitriles is 1. The van der Waals surface area contributed by atoms with Gasteiger partial charge in [-0.1, -0.05) is 11.8 Å². The molecule has 0 fully saturated rings. The van der Waals surface area contributed by atoms with E-state index in [1.807, 2.05) is 37.6 Å². The highest BCUT2D eigenvalue weighted by atomic mass is 32.2. The smallest absolute Gasteiger partial charge is 0.183 e. The fourth-order valence-electron chi connectivity index (χ4n) is 1.16. The number of ether oxygens (including phenoxy) is 1. The summed E-state index contributed by atoms with van der Waals surface area (Å²) in [7, 11) is 1.63. The van der Waals surface area contributed by atoms with Crippen molar-refractivity contribution < 1.29 is 4.74 Å². The van der Waals surface area contributed by atoms with E-state index in [9.17, 15) is 0 Å². The van der Waals surface area contributed by atoms with E-state index in [0.29, 0.717) is 5.17 Å². The Balaban J connectivity index is 3.01. The summed E-state index contributed by atoms with van der Waals surface area (Å²) in [5.74, 6) is 0.801. The molecule has 0 unspecified atom stereocenters. The number of nitrogens with zero attached hydrogens (tertiary/aromatic N) is 2. The molecule has 0 heterocycles. The van der Waals surface area contributed by atoms with Crippen molar-refractivity contribution in [1.29, 1.82) is 5.26 Å². The first-order valence-electron chi connectivity index (χ1n) is 4.63. The van der Waals surface area contributed by atoms with Gasteiger partial charge in [0.25, 0.3) is 0 Å². The van der Waals surface area contributed by atoms with Crippen LogP contribution in [0.3, 0.4) is 0 Å². The van der Waals surface area contributed by atoms with Gasteiger partial charge in [0.15, 0.2) is 11.4 Å². The predicted molar refractivity (Wildman–Crippen MR) is 67.1 cm³/mol. The van der Waals surface area contributed by atoms with Crippen molar-refractivity contribution in [3.05, 3.63) is 23.8 Å². The number of methoxy groups -OCH3 is 1. The number of benzene rings is 1. The van der Waals surface area contributed by atoms with Gasteiger partial charge in [-0.3, -0.25) is 5.32 Å². The lowest BCUT2D eigenvalue weighted by atomic mass is 10.2. The van der Waals surface area contributed by atoms with E-state index < -0.39 is 0 Å². The van der Waals surface area contributed by atoms with Crippen LogP contribution in [0.4, 0.5) is 5.69 Å². The maximum atomic E-state index is 8.52. The maximum Gasteiger partial charge on any atom is 0.183 e. The third-order valence-corrected chi connectivity index (χ3v) is 2.56. The molecule has 0 saturated heterocycles. The third kappa shape index (κ3) is 3.17. The van der Waals surface area contributed by atoms with Crippen molar-refractivity contribution in [2.24, 2.45) is 4.99 Å². The van der Waals surface area contributed by atoms with Crippen LogP contribution in [-0.4, -0.2) is 18.5 Å². The van der Waals surface area contributed by atoms with Gasteiger partial charge in [-0.2, -0.15) is 5.26 Å². The molecule has 0 saturated carbocycles. The third-order valence-electron chi connectivity index (χ3n) is 1.98. The van der Waals surface area contributed by atoms with Crippen LogP contribution in [0.2, 0.25) is 0 Å². The van der Waals surface area contributed by atoms with E-state index in [-0.39, 0.29) is 0 Å². The average Bonchev–Trinajstić information content (AvgIpc) is 2.30. The quantitative estimate of drug-likeness (QED) is 0.370. The van der Waals surface area contributed by atoms with Crippen LogP contribution < -0.4 is 10.1 Å². The fourth-order valence-corrected chi connectivity index (χ4v) is 1.50. The topological polar surface area (TPSA) is 57.4 Å². The van der Waals surface area contributed by atoms with Crippen LogP contribution in [0.5, 0.6) is 5.75 Å². The molecule has 1 rings (SSSR count). The van der Waals surface area contributed by atoms with Gasteiger partial charge in [0.1, 0.15) is 5.75 Å². The molecule has 0 aliphatic heterocycles. The molecular weight excluding hydrogens is 222 g/mol. The molecular formula is C11H13N3OS. The van der Waals surface area contributed by atoms with Gasteiger partial charge < -0.3 is 4.74 Å². The van der Waals surface area contributed by atoms with Crippen molar-refractivity contribution in [3.63, 3.8) is 0 Å². The molecule has 0 radical (unpaired) electrons. The van der Waals surface area contributed by atoms with Gasteiger partial charge in [0.2, 0.25) is 0 Å². The minimum atomic E-state index is 0.579. The average molecular weight is 235 g/mol. The number of aliphatic imine (C=N–C) groups is 1. The summed E-state index contributed by atoms with van der Waals surface area (Å²) in [6, 6.07) is 5.61. The van der Waals surface area contributed by atoms with Gasteiger partial charge in [0.05, 0.1) is 12.8 Å². The molecule has 0 aromatic heterocycles. The van der Waals surface area contributed by atoms with Crippen LogP contribution in [-0.2, 0) is 0 Å². The normalized spacial score (nSPS) is 10.8. The van der Waals surface area contributed by atoms with Gasteiger partial charge in [-0.05, 0) is 36.9 Å². The number of hydrogen-bond acceptors (Lipinski definition) is 4. The molecule has 16 heavy (non-hydrogen) atoms. The molecule has 1 aromatic carbocycles. The zero-order chi connectivity index (χ0) is 12.0. The highest BCUT2D eigenvalue weighted by molar-refractivity contribution is 8.13. The zero-order valence-electron chi connectivity index (χ0n) is 9.44. The SMILES string of the molecule is COc1ccc(N=C(NC#N)SC)c(C)c1. The number of aryl methyl sites for hydroxylation is 1. The molecule has 1 aromatic rings. The van der Waals surface area contributed by atoms with Gasteiger partial charge >= 0.3 is 0 Å². The summed E-state index contributed by atoms with van der Waals surface area (Å²) in [4.78, 5) is 4.33. The molecule has 0 amide bonds. The lowest BCUT2D eigenvalue weighted by molar-refractivity contribution is 0.414. The molecule has 5 heteroatoms. The summed E-state index contributed by atoms with van der Waals surface area (Å²) in [5.41, 5.74) is 1.83. The van der Waals surface area contributed by atoms with Crippen molar-refractivity contribution in [2.45, 2.75) is 6.92 Å². The number of rotatable bonds is 2. The van der Waals surface area contributed by atoms with Crippen LogP contribution in [0.15, 0.2) is 23.2 Å². The van der Waals surface area contributed by atoms with Crippen LogP contribution >= 0.6 is 11.8 Å². The number of amidine groups is 1. The van der Waals surface area contributed by atoms with E-state index in [1.165, 1.54) is 11.8 Å². The van der Waals surface area contributed by atoms with Crippen molar-refractivity contribution in [1.82, 2.24) is 5.32 Å². The van der Waals surface area contributed by atoms with Crippen LogP contribution in [0.25, 0.3) is 0 Å². The van der Waals surface area contributed by atoms with E-state index in [4.69, 9.17) is 10.00 Å². The van der Waals surface area contributed by atoms with Crippen molar-refractivity contribution >= 4 is 22.6 Å². The summed E-state index contributed by atoms with van der Waals surface area (Å²) < 4.78 is 5.11. The number of hydrogen-bond donors (Lipinski definition) is 1. The summed E-state index contributed by atoms with van der Waals surface area (Å²) in [6.07, 6.45) is 3.72. The number of thioether (sulfide) groups is 1. The zero-order valence-corrected chi connectivity index (χ0v) is 10.3. The van der Waals surface area contributed by atoms with E-state index in [0.717, 1.165) is 17.0 Å². The van der Waals surface area contributed by atoms with E-state index >= 15 is 0 Å². The summed E-state index contributed by atoms with van der Waals surface area (Å²) >= 11 is 1.39. The molecule has 4 nitrogen and oxygen atoms in total. The molecule has 0 bridgehead atoms. The first-order chi connectivity index (χ1) is 7.71. The Kier molecular flexibility index (Phi) is 4.67. The largest absolute Gasteiger partial charge is 0.497 e. The summed E-state index contributed by atoms with van der Waals surface area (Å²) in [6.45, 7) is 1.95. The standard InChI is InChI=1S/C11H13N3OS/c1-8-6-9(15-2)4-5-10(8)14-11(16-3)13-7-12/h4-6H,1-3H3,(H,13,14). The van der Waals surface area contributed by atoms with Gasteiger partial charge in [-0.15, -0.1) is 0 Å².